The molecule has 0 radical (unpaired) electrons. The Morgan fingerprint density at radius 1 is 1.19 bits per heavy atom. The maximum Gasteiger partial charge on any atom is 0.371 e. The van der Waals surface area contributed by atoms with Gasteiger partial charge in [-0.15, -0.1) is 0 Å². The monoisotopic (exact) mass is 281 g/mol. The fourth-order valence-electron chi connectivity index (χ4n) is 1.20. The number of carboxylic acid groups (broad SMARTS) is 1. The van der Waals surface area contributed by atoms with Gasteiger partial charge in [0.25, 0.3) is 0 Å². The van der Waals surface area contributed by atoms with Crippen LogP contribution in [-0.2, 0) is 0 Å². The van der Waals surface area contributed by atoms with Crippen LogP contribution in [0.15, 0.2) is 45.3 Å². The molecule has 1 aromatic carbocycles. The van der Waals surface area contributed by atoms with Crippen LogP contribution in [0.2, 0.25) is 0 Å². The van der Waals surface area contributed by atoms with E-state index in [2.05, 4.69) is 21.2 Å². The molecule has 0 aliphatic heterocycles. The SMILES string of the molecule is O=C(O)c1ccc(Nc2ccc(Br)cc2)o1. The van der Waals surface area contributed by atoms with Crippen molar-refractivity contribution in [3.63, 3.8) is 0 Å². The summed E-state index contributed by atoms with van der Waals surface area (Å²) in [5.74, 6) is -0.761. The fraction of sp³-hybridized carbons (Fsp3) is 0. The molecule has 0 fully saturated rings. The maximum absolute atomic E-state index is 10.6. The number of carbonyl (C=O) groups is 1. The van der Waals surface area contributed by atoms with Crippen molar-refractivity contribution in [1.29, 1.82) is 0 Å². The summed E-state index contributed by atoms with van der Waals surface area (Å²) >= 11 is 3.33. The van der Waals surface area contributed by atoms with Crippen LogP contribution in [0.3, 0.4) is 0 Å². The molecule has 2 rings (SSSR count). The zero-order chi connectivity index (χ0) is 11.5. The van der Waals surface area contributed by atoms with Crippen LogP contribution in [0.4, 0.5) is 11.6 Å². The van der Waals surface area contributed by atoms with Gasteiger partial charge in [-0.05, 0) is 30.3 Å². The highest BCUT2D eigenvalue weighted by Crippen LogP contribution is 2.21. The molecule has 0 spiro atoms. The van der Waals surface area contributed by atoms with Crippen molar-refractivity contribution in [2.24, 2.45) is 0 Å². The van der Waals surface area contributed by atoms with Gasteiger partial charge in [-0.25, -0.2) is 4.79 Å². The minimum atomic E-state index is -1.08. The molecule has 82 valence electrons. The summed E-state index contributed by atoms with van der Waals surface area (Å²) in [7, 11) is 0. The van der Waals surface area contributed by atoms with Gasteiger partial charge in [0.2, 0.25) is 5.76 Å². The Morgan fingerprint density at radius 2 is 1.88 bits per heavy atom. The number of carboxylic acids is 1. The van der Waals surface area contributed by atoms with Crippen LogP contribution in [0.1, 0.15) is 10.6 Å². The standard InChI is InChI=1S/C11H8BrNO3/c12-7-1-3-8(4-2-7)13-10-6-5-9(16-10)11(14)15/h1-6,13H,(H,14,15). The van der Waals surface area contributed by atoms with Crippen molar-refractivity contribution < 1.29 is 14.3 Å². The van der Waals surface area contributed by atoms with E-state index in [-0.39, 0.29) is 5.76 Å². The summed E-state index contributed by atoms with van der Waals surface area (Å²) in [5, 5.41) is 11.6. The lowest BCUT2D eigenvalue weighted by Gasteiger charge is -2.01. The number of aromatic carboxylic acids is 1. The number of rotatable bonds is 3. The topological polar surface area (TPSA) is 62.5 Å². The van der Waals surface area contributed by atoms with E-state index >= 15 is 0 Å². The quantitative estimate of drug-likeness (QED) is 0.904. The zero-order valence-corrected chi connectivity index (χ0v) is 9.69. The number of nitrogens with one attached hydrogen (secondary N) is 1. The second-order valence-electron chi connectivity index (χ2n) is 3.10. The lowest BCUT2D eigenvalue weighted by molar-refractivity contribution is 0.0663. The molecule has 0 atom stereocenters. The smallest absolute Gasteiger partial charge is 0.371 e. The highest BCUT2D eigenvalue weighted by molar-refractivity contribution is 9.10. The number of hydrogen-bond donors (Lipinski definition) is 2. The van der Waals surface area contributed by atoms with Crippen LogP contribution in [-0.4, -0.2) is 11.1 Å². The summed E-state index contributed by atoms with van der Waals surface area (Å²) in [6.45, 7) is 0. The summed E-state index contributed by atoms with van der Waals surface area (Å²) in [6, 6.07) is 10.4. The van der Waals surface area contributed by atoms with Crippen molar-refractivity contribution in [2.75, 3.05) is 5.32 Å². The minimum absolute atomic E-state index is 0.0837. The lowest BCUT2D eigenvalue weighted by atomic mass is 10.3. The van der Waals surface area contributed by atoms with Gasteiger partial charge in [0.05, 0.1) is 0 Å². The molecule has 0 aliphatic carbocycles. The number of benzene rings is 1. The summed E-state index contributed by atoms with van der Waals surface area (Å²) in [5.41, 5.74) is 0.828. The molecule has 16 heavy (non-hydrogen) atoms. The highest BCUT2D eigenvalue weighted by atomic mass is 79.9. The minimum Gasteiger partial charge on any atom is -0.475 e. The van der Waals surface area contributed by atoms with E-state index in [1.807, 2.05) is 24.3 Å². The Hall–Kier alpha value is -1.75. The average molecular weight is 282 g/mol. The van der Waals surface area contributed by atoms with E-state index in [1.54, 1.807) is 6.07 Å². The number of hydrogen-bond acceptors (Lipinski definition) is 3. The molecular weight excluding hydrogens is 274 g/mol. The molecule has 0 saturated heterocycles. The van der Waals surface area contributed by atoms with Gasteiger partial charge >= 0.3 is 5.97 Å². The molecule has 1 aromatic heterocycles. The van der Waals surface area contributed by atoms with Gasteiger partial charge in [-0.2, -0.15) is 0 Å². The van der Waals surface area contributed by atoms with Gasteiger partial charge < -0.3 is 14.8 Å². The molecule has 0 unspecified atom stereocenters. The van der Waals surface area contributed by atoms with E-state index in [0.29, 0.717) is 5.88 Å². The van der Waals surface area contributed by atoms with Crippen LogP contribution in [0, 0.1) is 0 Å². The van der Waals surface area contributed by atoms with Gasteiger partial charge in [-0.3, -0.25) is 0 Å². The van der Waals surface area contributed by atoms with E-state index in [0.717, 1.165) is 10.2 Å². The number of furan rings is 1. The first-order valence-electron chi connectivity index (χ1n) is 4.51. The predicted molar refractivity (Wildman–Crippen MR) is 63.1 cm³/mol. The molecule has 5 heteroatoms. The second-order valence-corrected chi connectivity index (χ2v) is 4.02. The lowest BCUT2D eigenvalue weighted by Crippen LogP contribution is -1.92. The van der Waals surface area contributed by atoms with Gasteiger partial charge in [0, 0.05) is 16.2 Å². The third kappa shape index (κ3) is 2.43. The van der Waals surface area contributed by atoms with E-state index in [9.17, 15) is 4.79 Å². The third-order valence-corrected chi connectivity index (χ3v) is 2.46. The first-order valence-corrected chi connectivity index (χ1v) is 5.30. The maximum atomic E-state index is 10.6. The Morgan fingerprint density at radius 3 is 2.44 bits per heavy atom. The van der Waals surface area contributed by atoms with Gasteiger partial charge in [0.15, 0.2) is 5.88 Å². The van der Waals surface area contributed by atoms with Crippen molar-refractivity contribution in [2.45, 2.75) is 0 Å². The van der Waals surface area contributed by atoms with E-state index < -0.39 is 5.97 Å². The van der Waals surface area contributed by atoms with Gasteiger partial charge in [-0.1, -0.05) is 15.9 Å². The molecule has 0 bridgehead atoms. The molecular formula is C11H8BrNO3. The number of halogens is 1. The zero-order valence-electron chi connectivity index (χ0n) is 8.11. The normalized spacial score (nSPS) is 10.1. The predicted octanol–water partition coefficient (Wildman–Crippen LogP) is 3.48. The summed E-state index contributed by atoms with van der Waals surface area (Å²) in [6.07, 6.45) is 0. The summed E-state index contributed by atoms with van der Waals surface area (Å²) < 4.78 is 6.03. The molecule has 0 aliphatic rings. The largest absolute Gasteiger partial charge is 0.475 e. The second kappa shape index (κ2) is 4.40. The Balaban J connectivity index is 2.14. The van der Waals surface area contributed by atoms with Crippen molar-refractivity contribution in [1.82, 2.24) is 0 Å². The van der Waals surface area contributed by atoms with Crippen molar-refractivity contribution >= 4 is 33.5 Å². The average Bonchev–Trinajstić information content (AvgIpc) is 2.70. The fourth-order valence-corrected chi connectivity index (χ4v) is 1.46. The Bertz CT molecular complexity index is 504. The van der Waals surface area contributed by atoms with Crippen LogP contribution in [0.5, 0.6) is 0 Å². The molecule has 2 aromatic rings. The molecule has 4 nitrogen and oxygen atoms in total. The summed E-state index contributed by atoms with van der Waals surface area (Å²) in [4.78, 5) is 10.6. The van der Waals surface area contributed by atoms with Gasteiger partial charge in [0.1, 0.15) is 0 Å². The Kier molecular flexibility index (Phi) is 2.96. The number of anilines is 2. The van der Waals surface area contributed by atoms with Crippen LogP contribution >= 0.6 is 15.9 Å². The third-order valence-electron chi connectivity index (χ3n) is 1.93. The highest BCUT2D eigenvalue weighted by Gasteiger charge is 2.08. The first-order chi connectivity index (χ1) is 7.65. The van der Waals surface area contributed by atoms with Crippen molar-refractivity contribution in [3.05, 3.63) is 46.6 Å². The molecule has 0 saturated carbocycles. The molecule has 2 N–H and O–H groups in total. The van der Waals surface area contributed by atoms with Crippen LogP contribution in [0.25, 0.3) is 0 Å². The molecule has 1 heterocycles. The van der Waals surface area contributed by atoms with E-state index in [4.69, 9.17) is 9.52 Å². The van der Waals surface area contributed by atoms with Crippen LogP contribution < -0.4 is 5.32 Å². The van der Waals surface area contributed by atoms with Crippen molar-refractivity contribution in [3.8, 4) is 0 Å². The Labute approximate surface area is 100 Å². The van der Waals surface area contributed by atoms with E-state index in [1.165, 1.54) is 6.07 Å². The first kappa shape index (κ1) is 10.8. The molecule has 0 amide bonds.